The lowest BCUT2D eigenvalue weighted by Gasteiger charge is -2.01. The Bertz CT molecular complexity index is 290. The predicted octanol–water partition coefficient (Wildman–Crippen LogP) is 0.599. The van der Waals surface area contributed by atoms with Crippen LogP contribution < -0.4 is 10.5 Å². The van der Waals surface area contributed by atoms with Crippen molar-refractivity contribution in [2.45, 2.75) is 0 Å². The van der Waals surface area contributed by atoms with E-state index < -0.39 is 5.91 Å². The third-order valence-electron chi connectivity index (χ3n) is 1.06. The molecule has 0 aliphatic heterocycles. The number of nitrogens with zero attached hydrogens (tertiary/aromatic N) is 1. The minimum absolute atomic E-state index is 0.165. The summed E-state index contributed by atoms with van der Waals surface area (Å²) in [5.74, 6) is -0.101. The Morgan fingerprint density at radius 1 is 1.67 bits per heavy atom. The van der Waals surface area contributed by atoms with Gasteiger partial charge in [-0.2, -0.15) is 0 Å². The molecular weight excluding hydrogens is 180 g/mol. The number of halogens is 1. The molecule has 0 saturated carbocycles. The maximum absolute atomic E-state index is 10.3. The van der Waals surface area contributed by atoms with Crippen LogP contribution >= 0.6 is 11.6 Å². The van der Waals surface area contributed by atoms with Gasteiger partial charge in [0.2, 0.25) is 0 Å². The number of ether oxygens (including phenoxy) is 1. The van der Waals surface area contributed by atoms with Gasteiger partial charge in [0, 0.05) is 12.3 Å². The molecule has 0 unspecified atom stereocenters. The summed E-state index contributed by atoms with van der Waals surface area (Å²) in [6, 6.07) is 1.55. The topological polar surface area (TPSA) is 65.2 Å². The van der Waals surface area contributed by atoms with Gasteiger partial charge in [0.15, 0.2) is 6.61 Å². The molecule has 1 rings (SSSR count). The molecule has 0 atom stereocenters. The van der Waals surface area contributed by atoms with Gasteiger partial charge in [-0.25, -0.2) is 0 Å². The molecule has 0 fully saturated rings. The molecule has 1 aromatic rings. The molecule has 0 saturated heterocycles. The molecule has 12 heavy (non-hydrogen) atoms. The highest BCUT2D eigenvalue weighted by atomic mass is 35.5. The minimum atomic E-state index is -0.532. The van der Waals surface area contributed by atoms with E-state index in [1.807, 2.05) is 0 Å². The van der Waals surface area contributed by atoms with Crippen molar-refractivity contribution in [3.05, 3.63) is 23.5 Å². The molecular formula is C7H7ClN2O2. The van der Waals surface area contributed by atoms with Gasteiger partial charge in [0.25, 0.3) is 5.91 Å². The molecule has 2 N–H and O–H groups in total. The number of nitrogens with two attached hydrogens (primary N) is 1. The van der Waals surface area contributed by atoms with E-state index in [4.69, 9.17) is 22.1 Å². The van der Waals surface area contributed by atoms with Crippen LogP contribution in [0.15, 0.2) is 18.5 Å². The fourth-order valence-corrected chi connectivity index (χ4v) is 0.790. The lowest BCUT2D eigenvalue weighted by molar-refractivity contribution is -0.119. The number of amides is 1. The van der Waals surface area contributed by atoms with Crippen LogP contribution in [0.5, 0.6) is 5.75 Å². The molecule has 0 aromatic carbocycles. The number of hydrogen-bond donors (Lipinski definition) is 1. The first-order valence-electron chi connectivity index (χ1n) is 3.20. The molecule has 1 aromatic heterocycles. The number of rotatable bonds is 3. The van der Waals surface area contributed by atoms with Crippen LogP contribution in [0.25, 0.3) is 0 Å². The first-order valence-corrected chi connectivity index (χ1v) is 3.58. The molecule has 1 amide bonds. The van der Waals surface area contributed by atoms with Crippen molar-refractivity contribution in [1.82, 2.24) is 4.98 Å². The lowest BCUT2D eigenvalue weighted by atomic mass is 10.4. The van der Waals surface area contributed by atoms with Gasteiger partial charge in [-0.3, -0.25) is 9.78 Å². The Morgan fingerprint density at radius 2 is 2.42 bits per heavy atom. The summed E-state index contributed by atoms with van der Waals surface area (Å²) in [6.45, 7) is -0.165. The summed E-state index contributed by atoms with van der Waals surface area (Å²) in [5.41, 5.74) is 4.86. The van der Waals surface area contributed by atoms with E-state index in [0.717, 1.165) is 0 Å². The zero-order valence-corrected chi connectivity index (χ0v) is 6.91. The standard InChI is InChI=1S/C7H7ClN2O2/c8-5-1-6(3-10-2-5)12-4-7(9)11/h1-3H,4H2,(H2,9,11). The molecule has 1 heterocycles. The SMILES string of the molecule is NC(=O)COc1cncc(Cl)c1. The van der Waals surface area contributed by atoms with Gasteiger partial charge < -0.3 is 10.5 Å². The van der Waals surface area contributed by atoms with Gasteiger partial charge >= 0.3 is 0 Å². The molecule has 0 radical (unpaired) electrons. The predicted molar refractivity (Wildman–Crippen MR) is 43.9 cm³/mol. The average Bonchev–Trinajstić information content (AvgIpc) is 2.01. The third-order valence-corrected chi connectivity index (χ3v) is 1.27. The van der Waals surface area contributed by atoms with Crippen LogP contribution in [0, 0.1) is 0 Å². The van der Waals surface area contributed by atoms with E-state index in [1.54, 1.807) is 6.07 Å². The molecule has 5 heteroatoms. The zero-order valence-electron chi connectivity index (χ0n) is 6.16. The number of pyridine rings is 1. The zero-order chi connectivity index (χ0) is 8.97. The fourth-order valence-electron chi connectivity index (χ4n) is 0.626. The fraction of sp³-hybridized carbons (Fsp3) is 0.143. The normalized spacial score (nSPS) is 9.42. The summed E-state index contributed by atoms with van der Waals surface area (Å²) in [5, 5.41) is 0.456. The second-order valence-corrected chi connectivity index (χ2v) is 2.53. The number of carbonyl (C=O) groups excluding carboxylic acids is 1. The van der Waals surface area contributed by atoms with Crippen LogP contribution in [0.1, 0.15) is 0 Å². The van der Waals surface area contributed by atoms with Crippen LogP contribution in [-0.4, -0.2) is 17.5 Å². The van der Waals surface area contributed by atoms with Crippen LogP contribution in [-0.2, 0) is 4.79 Å². The maximum atomic E-state index is 10.3. The van der Waals surface area contributed by atoms with Gasteiger partial charge in [-0.15, -0.1) is 0 Å². The molecule has 0 aliphatic carbocycles. The highest BCUT2D eigenvalue weighted by Crippen LogP contribution is 2.14. The van der Waals surface area contributed by atoms with Crippen molar-refractivity contribution in [1.29, 1.82) is 0 Å². The summed E-state index contributed by atoms with van der Waals surface area (Å²) < 4.78 is 4.93. The van der Waals surface area contributed by atoms with Crippen molar-refractivity contribution in [2.24, 2.45) is 5.73 Å². The van der Waals surface area contributed by atoms with Gasteiger partial charge in [-0.05, 0) is 0 Å². The Kier molecular flexibility index (Phi) is 2.88. The van der Waals surface area contributed by atoms with Gasteiger partial charge in [0.1, 0.15) is 5.75 Å². The summed E-state index contributed by atoms with van der Waals surface area (Å²) in [7, 11) is 0. The van der Waals surface area contributed by atoms with E-state index in [-0.39, 0.29) is 6.61 Å². The van der Waals surface area contributed by atoms with E-state index >= 15 is 0 Å². The maximum Gasteiger partial charge on any atom is 0.255 e. The van der Waals surface area contributed by atoms with Gasteiger partial charge in [-0.1, -0.05) is 11.6 Å². The highest BCUT2D eigenvalue weighted by Gasteiger charge is 1.97. The van der Waals surface area contributed by atoms with Crippen molar-refractivity contribution in [3.63, 3.8) is 0 Å². The summed E-state index contributed by atoms with van der Waals surface area (Å²) in [4.78, 5) is 14.1. The lowest BCUT2D eigenvalue weighted by Crippen LogP contribution is -2.20. The Hall–Kier alpha value is -1.29. The van der Waals surface area contributed by atoms with E-state index in [9.17, 15) is 4.79 Å². The highest BCUT2D eigenvalue weighted by molar-refractivity contribution is 6.30. The Labute approximate surface area is 74.3 Å². The Balaban J connectivity index is 2.57. The first kappa shape index (κ1) is 8.80. The monoisotopic (exact) mass is 186 g/mol. The minimum Gasteiger partial charge on any atom is -0.482 e. The van der Waals surface area contributed by atoms with Crippen molar-refractivity contribution >= 4 is 17.5 Å². The summed E-state index contributed by atoms with van der Waals surface area (Å²) >= 11 is 5.60. The van der Waals surface area contributed by atoms with E-state index in [2.05, 4.69) is 4.98 Å². The number of hydrogen-bond acceptors (Lipinski definition) is 3. The van der Waals surface area contributed by atoms with Crippen LogP contribution in [0.4, 0.5) is 0 Å². The number of aromatic nitrogens is 1. The van der Waals surface area contributed by atoms with E-state index in [0.29, 0.717) is 10.8 Å². The van der Waals surface area contributed by atoms with Gasteiger partial charge in [0.05, 0.1) is 11.2 Å². The van der Waals surface area contributed by atoms with E-state index in [1.165, 1.54) is 12.4 Å². The number of carbonyl (C=O) groups is 1. The smallest absolute Gasteiger partial charge is 0.255 e. The molecule has 0 bridgehead atoms. The van der Waals surface area contributed by atoms with Crippen molar-refractivity contribution in [2.75, 3.05) is 6.61 Å². The summed E-state index contributed by atoms with van der Waals surface area (Å²) in [6.07, 6.45) is 2.92. The molecule has 0 spiro atoms. The molecule has 64 valence electrons. The van der Waals surface area contributed by atoms with Crippen LogP contribution in [0.3, 0.4) is 0 Å². The average molecular weight is 187 g/mol. The Morgan fingerprint density at radius 3 is 3.00 bits per heavy atom. The quantitative estimate of drug-likeness (QED) is 0.752. The molecule has 0 aliphatic rings. The first-order chi connectivity index (χ1) is 5.68. The van der Waals surface area contributed by atoms with Crippen LogP contribution in [0.2, 0.25) is 5.02 Å². The third kappa shape index (κ3) is 2.75. The number of primary amides is 1. The largest absolute Gasteiger partial charge is 0.482 e. The molecule has 4 nitrogen and oxygen atoms in total. The van der Waals surface area contributed by atoms with Crippen molar-refractivity contribution < 1.29 is 9.53 Å². The second kappa shape index (κ2) is 3.92. The van der Waals surface area contributed by atoms with Crippen molar-refractivity contribution in [3.8, 4) is 5.75 Å². The second-order valence-electron chi connectivity index (χ2n) is 2.09.